The number of nitrogens with one attached hydrogen (secondary N) is 1. The Morgan fingerprint density at radius 1 is 0.824 bits per heavy atom. The van der Waals surface area contributed by atoms with E-state index in [0.717, 1.165) is 13.1 Å². The summed E-state index contributed by atoms with van der Waals surface area (Å²) in [4.78, 5) is 2.51. The van der Waals surface area contributed by atoms with Crippen molar-refractivity contribution in [2.75, 3.05) is 19.6 Å². The fourth-order valence-corrected chi connectivity index (χ4v) is 2.37. The van der Waals surface area contributed by atoms with Gasteiger partial charge in [0.1, 0.15) is 0 Å². The molecule has 0 aliphatic carbocycles. The van der Waals surface area contributed by atoms with Crippen LogP contribution >= 0.6 is 0 Å². The van der Waals surface area contributed by atoms with Crippen LogP contribution in [-0.4, -0.2) is 30.7 Å². The van der Waals surface area contributed by atoms with Gasteiger partial charge in [-0.2, -0.15) is 0 Å². The Hall–Kier alpha value is -0.0800. The Morgan fingerprint density at radius 3 is 1.94 bits per heavy atom. The van der Waals surface area contributed by atoms with E-state index in [-0.39, 0.29) is 0 Å². The highest BCUT2D eigenvalue weighted by molar-refractivity contribution is 4.65. The molecule has 2 nitrogen and oxygen atoms in total. The highest BCUT2D eigenvalue weighted by Crippen LogP contribution is 2.05. The van der Waals surface area contributed by atoms with Crippen LogP contribution in [0, 0.1) is 0 Å². The third-order valence-corrected chi connectivity index (χ3v) is 3.55. The van der Waals surface area contributed by atoms with Gasteiger partial charge in [-0.3, -0.25) is 4.90 Å². The van der Waals surface area contributed by atoms with E-state index in [1.165, 1.54) is 51.5 Å². The van der Waals surface area contributed by atoms with Crippen molar-refractivity contribution in [1.29, 1.82) is 0 Å². The minimum atomic E-state index is 0.584. The summed E-state index contributed by atoms with van der Waals surface area (Å²) in [7, 11) is 0. The number of nitrogens with zero attached hydrogens (tertiary/aromatic N) is 1. The quantitative estimate of drug-likeness (QED) is 0.411. The molecule has 0 fully saturated rings. The van der Waals surface area contributed by atoms with Crippen molar-refractivity contribution in [2.24, 2.45) is 0 Å². The van der Waals surface area contributed by atoms with E-state index < -0.39 is 0 Å². The maximum absolute atomic E-state index is 3.69. The van der Waals surface area contributed by atoms with Crippen LogP contribution < -0.4 is 5.32 Å². The van der Waals surface area contributed by atoms with Gasteiger partial charge in [-0.05, 0) is 32.5 Å². The van der Waals surface area contributed by atoms with Crippen molar-refractivity contribution in [3.8, 4) is 0 Å². The Balaban J connectivity index is 3.49. The van der Waals surface area contributed by atoms with Crippen molar-refractivity contribution in [1.82, 2.24) is 10.2 Å². The minimum Gasteiger partial charge on any atom is -0.302 e. The van der Waals surface area contributed by atoms with Gasteiger partial charge in [0.2, 0.25) is 0 Å². The molecule has 0 aliphatic heterocycles. The van der Waals surface area contributed by atoms with Crippen molar-refractivity contribution in [3.05, 3.63) is 0 Å². The molecule has 0 aromatic rings. The Kier molecular flexibility index (Phi) is 12.3. The lowest BCUT2D eigenvalue weighted by Crippen LogP contribution is -2.45. The molecule has 104 valence electrons. The summed E-state index contributed by atoms with van der Waals surface area (Å²) in [5.41, 5.74) is 0. The molecule has 17 heavy (non-hydrogen) atoms. The summed E-state index contributed by atoms with van der Waals surface area (Å²) in [6, 6.07) is 0. The SMILES string of the molecule is CCCCCCCCNC(CC)N(CC)CC. The van der Waals surface area contributed by atoms with Gasteiger partial charge in [-0.1, -0.05) is 59.8 Å². The summed E-state index contributed by atoms with van der Waals surface area (Å²) in [6.07, 6.45) is 10.1. The Morgan fingerprint density at radius 2 is 1.41 bits per heavy atom. The minimum absolute atomic E-state index is 0.584. The molecule has 0 rings (SSSR count). The fourth-order valence-electron chi connectivity index (χ4n) is 2.37. The molecule has 0 saturated heterocycles. The Bertz CT molecular complexity index is 144. The summed E-state index contributed by atoms with van der Waals surface area (Å²) in [5, 5.41) is 3.69. The van der Waals surface area contributed by atoms with E-state index in [0.29, 0.717) is 6.17 Å². The second kappa shape index (κ2) is 12.4. The lowest BCUT2D eigenvalue weighted by atomic mass is 10.1. The zero-order valence-corrected chi connectivity index (χ0v) is 12.6. The third-order valence-electron chi connectivity index (χ3n) is 3.55. The molecule has 0 spiro atoms. The van der Waals surface area contributed by atoms with Crippen LogP contribution in [0.1, 0.15) is 72.6 Å². The van der Waals surface area contributed by atoms with Crippen LogP contribution in [0.2, 0.25) is 0 Å². The van der Waals surface area contributed by atoms with E-state index in [2.05, 4.69) is 37.9 Å². The van der Waals surface area contributed by atoms with Gasteiger partial charge in [0, 0.05) is 0 Å². The molecule has 0 radical (unpaired) electrons. The summed E-state index contributed by atoms with van der Waals surface area (Å²) in [5.74, 6) is 0. The monoisotopic (exact) mass is 242 g/mol. The van der Waals surface area contributed by atoms with E-state index in [4.69, 9.17) is 0 Å². The van der Waals surface area contributed by atoms with Crippen molar-refractivity contribution < 1.29 is 0 Å². The first-order valence-electron chi connectivity index (χ1n) is 7.77. The second-order valence-corrected chi connectivity index (χ2v) is 4.87. The molecule has 0 amide bonds. The first kappa shape index (κ1) is 16.9. The van der Waals surface area contributed by atoms with Crippen LogP contribution in [0.15, 0.2) is 0 Å². The van der Waals surface area contributed by atoms with Crippen molar-refractivity contribution in [2.45, 2.75) is 78.8 Å². The first-order chi connectivity index (χ1) is 8.29. The zero-order valence-electron chi connectivity index (χ0n) is 12.6. The highest BCUT2D eigenvalue weighted by atomic mass is 15.3. The van der Waals surface area contributed by atoms with Gasteiger partial charge in [0.05, 0.1) is 6.17 Å². The lowest BCUT2D eigenvalue weighted by molar-refractivity contribution is 0.176. The maximum atomic E-state index is 3.69. The smallest absolute Gasteiger partial charge is 0.0594 e. The predicted molar refractivity (Wildman–Crippen MR) is 78.4 cm³/mol. The average molecular weight is 242 g/mol. The van der Waals surface area contributed by atoms with Crippen LogP contribution in [-0.2, 0) is 0 Å². The number of unbranched alkanes of at least 4 members (excludes halogenated alkanes) is 5. The zero-order chi connectivity index (χ0) is 12.9. The van der Waals surface area contributed by atoms with Crippen molar-refractivity contribution in [3.63, 3.8) is 0 Å². The number of hydrogen-bond donors (Lipinski definition) is 1. The van der Waals surface area contributed by atoms with Crippen LogP contribution in [0.5, 0.6) is 0 Å². The second-order valence-electron chi connectivity index (χ2n) is 4.87. The summed E-state index contributed by atoms with van der Waals surface area (Å²) < 4.78 is 0. The number of hydrogen-bond acceptors (Lipinski definition) is 2. The van der Waals surface area contributed by atoms with E-state index in [9.17, 15) is 0 Å². The van der Waals surface area contributed by atoms with E-state index in [1.54, 1.807) is 0 Å². The summed E-state index contributed by atoms with van der Waals surface area (Å²) in [6.45, 7) is 12.5. The lowest BCUT2D eigenvalue weighted by Gasteiger charge is -2.29. The number of rotatable bonds is 12. The molecular formula is C15H34N2. The molecule has 0 aromatic carbocycles. The predicted octanol–water partition coefficient (Wildman–Crippen LogP) is 4.01. The molecule has 0 aromatic heterocycles. The molecule has 2 heteroatoms. The highest BCUT2D eigenvalue weighted by Gasteiger charge is 2.11. The topological polar surface area (TPSA) is 15.3 Å². The van der Waals surface area contributed by atoms with Crippen LogP contribution in [0.3, 0.4) is 0 Å². The molecule has 0 bridgehead atoms. The molecule has 1 N–H and O–H groups in total. The van der Waals surface area contributed by atoms with Gasteiger partial charge >= 0.3 is 0 Å². The van der Waals surface area contributed by atoms with Gasteiger partial charge < -0.3 is 5.32 Å². The van der Waals surface area contributed by atoms with E-state index >= 15 is 0 Å². The average Bonchev–Trinajstić information content (AvgIpc) is 2.36. The van der Waals surface area contributed by atoms with Gasteiger partial charge in [0.15, 0.2) is 0 Å². The van der Waals surface area contributed by atoms with Gasteiger partial charge in [-0.15, -0.1) is 0 Å². The largest absolute Gasteiger partial charge is 0.302 e. The third kappa shape index (κ3) is 8.62. The molecule has 0 saturated carbocycles. The summed E-state index contributed by atoms with van der Waals surface area (Å²) >= 11 is 0. The van der Waals surface area contributed by atoms with E-state index in [1.807, 2.05) is 0 Å². The van der Waals surface area contributed by atoms with Crippen LogP contribution in [0.25, 0.3) is 0 Å². The van der Waals surface area contributed by atoms with Gasteiger partial charge in [0.25, 0.3) is 0 Å². The van der Waals surface area contributed by atoms with Gasteiger partial charge in [-0.25, -0.2) is 0 Å². The Labute approximate surface area is 109 Å². The molecule has 1 atom stereocenters. The van der Waals surface area contributed by atoms with Crippen LogP contribution in [0.4, 0.5) is 0 Å². The molecule has 1 unspecified atom stereocenters. The van der Waals surface area contributed by atoms with Crippen molar-refractivity contribution >= 4 is 0 Å². The molecule has 0 heterocycles. The fraction of sp³-hybridized carbons (Fsp3) is 1.00. The first-order valence-corrected chi connectivity index (χ1v) is 7.77. The normalized spacial score (nSPS) is 13.2. The molecule has 0 aliphatic rings. The standard InChI is InChI=1S/C15H34N2/c1-5-9-10-11-12-13-14-16-15(6-2)17(7-3)8-4/h15-16H,5-14H2,1-4H3. The maximum Gasteiger partial charge on any atom is 0.0594 e. The molecular weight excluding hydrogens is 208 g/mol.